The summed E-state index contributed by atoms with van der Waals surface area (Å²) in [6.45, 7) is 5.08. The Kier molecular flexibility index (Phi) is 7.28. The van der Waals surface area contributed by atoms with Gasteiger partial charge >= 0.3 is 0 Å². The number of benzene rings is 2. The van der Waals surface area contributed by atoms with Gasteiger partial charge in [0.05, 0.1) is 5.92 Å². The number of amides is 1. The summed E-state index contributed by atoms with van der Waals surface area (Å²) in [5, 5.41) is 2.64. The van der Waals surface area contributed by atoms with Crippen LogP contribution in [0.3, 0.4) is 0 Å². The Hall–Kier alpha value is -4.27. The molecule has 0 radical (unpaired) electrons. The second-order valence-electron chi connectivity index (χ2n) is 8.66. The molecule has 1 aliphatic heterocycles. The largest absolute Gasteiger partial charge is 0.486 e. The molecule has 0 aromatic heterocycles. The average molecular weight is 493 g/mol. The van der Waals surface area contributed by atoms with E-state index < -0.39 is 29.2 Å². The van der Waals surface area contributed by atoms with Gasteiger partial charge in [-0.05, 0) is 23.8 Å². The molecule has 0 fully saturated rings. The quantitative estimate of drug-likeness (QED) is 0.496. The van der Waals surface area contributed by atoms with E-state index in [-0.39, 0.29) is 30.5 Å². The molecule has 4 rings (SSSR count). The lowest BCUT2D eigenvalue weighted by molar-refractivity contribution is -0.111. The third kappa shape index (κ3) is 5.35. The van der Waals surface area contributed by atoms with Crippen molar-refractivity contribution in [2.75, 3.05) is 5.32 Å². The zero-order valence-corrected chi connectivity index (χ0v) is 19.7. The van der Waals surface area contributed by atoms with Crippen LogP contribution in [0.25, 0.3) is 0 Å². The van der Waals surface area contributed by atoms with Gasteiger partial charge in [0.2, 0.25) is 12.1 Å². The fourth-order valence-corrected chi connectivity index (χ4v) is 4.16. The second-order valence-corrected chi connectivity index (χ2v) is 8.66. The summed E-state index contributed by atoms with van der Waals surface area (Å²) in [6.07, 6.45) is 2.12. The van der Waals surface area contributed by atoms with Crippen LogP contribution in [0.4, 0.5) is 14.5 Å². The Balaban J connectivity index is 1.54. The van der Waals surface area contributed by atoms with E-state index in [0.717, 1.165) is 17.7 Å². The van der Waals surface area contributed by atoms with Crippen molar-refractivity contribution in [1.82, 2.24) is 0 Å². The van der Waals surface area contributed by atoms with E-state index in [1.807, 2.05) is 30.3 Å². The molecule has 3 unspecified atom stereocenters. The summed E-state index contributed by atoms with van der Waals surface area (Å²) in [5.41, 5.74) is 6.06. The van der Waals surface area contributed by atoms with Crippen molar-refractivity contribution in [3.05, 3.63) is 96.3 Å². The molecule has 1 heterocycles. The van der Waals surface area contributed by atoms with Gasteiger partial charge < -0.3 is 20.5 Å². The Morgan fingerprint density at radius 2 is 2.03 bits per heavy atom. The van der Waals surface area contributed by atoms with Crippen LogP contribution in [0.2, 0.25) is 0 Å². The van der Waals surface area contributed by atoms with Gasteiger partial charge in [0.1, 0.15) is 36.2 Å². The summed E-state index contributed by atoms with van der Waals surface area (Å²) in [6, 6.07) is 15.8. The first-order chi connectivity index (χ1) is 17.3. The first kappa shape index (κ1) is 24.8. The van der Waals surface area contributed by atoms with E-state index in [0.29, 0.717) is 11.4 Å². The highest BCUT2D eigenvalue weighted by Gasteiger charge is 2.50. The van der Waals surface area contributed by atoms with Gasteiger partial charge in [-0.15, -0.1) is 0 Å². The maximum atomic E-state index is 15.6. The van der Waals surface area contributed by atoms with Crippen molar-refractivity contribution < 1.29 is 23.0 Å². The van der Waals surface area contributed by atoms with Crippen molar-refractivity contribution in [1.29, 1.82) is 0 Å². The molecule has 1 amide bonds. The zero-order chi connectivity index (χ0) is 25.7. The molecule has 1 aliphatic carbocycles. The number of hydrogen-bond donors (Lipinski definition) is 2. The monoisotopic (exact) mass is 492 g/mol. The lowest BCUT2D eigenvalue weighted by atomic mass is 9.69. The maximum Gasteiger partial charge on any atom is 0.247 e. The number of ether oxygens (including phenoxy) is 2. The smallest absolute Gasteiger partial charge is 0.247 e. The highest BCUT2D eigenvalue weighted by Crippen LogP contribution is 2.49. The minimum atomic E-state index is -1.42. The lowest BCUT2D eigenvalue weighted by Gasteiger charge is -2.41. The van der Waals surface area contributed by atoms with Gasteiger partial charge in [-0.25, -0.2) is 18.8 Å². The van der Waals surface area contributed by atoms with Crippen LogP contribution in [0.5, 0.6) is 5.75 Å². The number of hydrogen-bond acceptors (Lipinski definition) is 6. The molecule has 2 aliphatic rings. The molecule has 186 valence electrons. The molecule has 0 spiro atoms. The number of nitrogens with two attached hydrogens (primary N) is 1. The normalized spacial score (nSPS) is 23.4. The van der Waals surface area contributed by atoms with Crippen LogP contribution in [0.15, 0.2) is 101 Å². The second kappa shape index (κ2) is 10.6. The molecule has 0 saturated carbocycles. The predicted octanol–water partition coefficient (Wildman–Crippen LogP) is 5.19. The number of allylic oxidation sites excluding steroid dienone is 3. The van der Waals surface area contributed by atoms with Crippen molar-refractivity contribution in [3.63, 3.8) is 0 Å². The van der Waals surface area contributed by atoms with Gasteiger partial charge in [-0.3, -0.25) is 4.79 Å². The first-order valence-electron chi connectivity index (χ1n) is 11.3. The molecule has 2 aromatic rings. The molecular formula is C27H26F2N4O3. The number of amidine groups is 1. The van der Waals surface area contributed by atoms with Crippen molar-refractivity contribution in [2.24, 2.45) is 27.1 Å². The van der Waals surface area contributed by atoms with Gasteiger partial charge in [-0.2, -0.15) is 0 Å². The molecule has 3 N–H and O–H groups in total. The minimum absolute atomic E-state index is 0.0682. The number of carbonyl (C=O) groups is 1. The van der Waals surface area contributed by atoms with Gasteiger partial charge in [0, 0.05) is 29.7 Å². The molecule has 9 heteroatoms. The van der Waals surface area contributed by atoms with Crippen LogP contribution >= 0.6 is 0 Å². The molecule has 3 atom stereocenters. The Morgan fingerprint density at radius 3 is 2.78 bits per heavy atom. The highest BCUT2D eigenvalue weighted by atomic mass is 19.1. The number of aliphatic imine (C=N–C) groups is 2. The standard InChI is InChI=1S/C27H26F2N4O3/c1-3-23(34)33-18-10-7-11-19(12-18)36-26-24(25(30)31-16-32-26)27(2)14-20(28)21(13-22(27)29)35-15-17-8-5-4-6-9-17/h3-13,16,24,26H,1,14-15H2,2H3,(H,33,34)(H2,30,31,32). The first-order valence-corrected chi connectivity index (χ1v) is 11.3. The van der Waals surface area contributed by atoms with Crippen LogP contribution in [-0.2, 0) is 16.1 Å². The number of rotatable bonds is 8. The van der Waals surface area contributed by atoms with E-state index in [1.165, 1.54) is 6.34 Å². The lowest BCUT2D eigenvalue weighted by Crippen LogP contribution is -2.49. The molecule has 2 aromatic carbocycles. The number of anilines is 1. The van der Waals surface area contributed by atoms with E-state index in [2.05, 4.69) is 21.9 Å². The highest BCUT2D eigenvalue weighted by molar-refractivity contribution is 5.99. The molecule has 0 saturated heterocycles. The van der Waals surface area contributed by atoms with Gasteiger partial charge in [0.15, 0.2) is 5.76 Å². The maximum absolute atomic E-state index is 15.6. The van der Waals surface area contributed by atoms with E-state index in [1.54, 1.807) is 31.2 Å². The Bertz CT molecular complexity index is 1270. The fourth-order valence-electron chi connectivity index (χ4n) is 4.16. The topological polar surface area (TPSA) is 98.3 Å². The average Bonchev–Trinajstić information content (AvgIpc) is 2.86. The Labute approximate surface area is 207 Å². The number of nitrogens with zero attached hydrogens (tertiary/aromatic N) is 2. The summed E-state index contributed by atoms with van der Waals surface area (Å²) < 4.78 is 42.4. The SMILES string of the molecule is C=CC(=O)Nc1cccc(OC2N=CN=C(N)C2C2(C)CC(F)=C(OCc3ccccc3)C=C2F)c1. The van der Waals surface area contributed by atoms with Crippen LogP contribution in [-0.4, -0.2) is 24.3 Å². The third-order valence-corrected chi connectivity index (χ3v) is 6.08. The van der Waals surface area contributed by atoms with Crippen molar-refractivity contribution in [2.45, 2.75) is 26.2 Å². The van der Waals surface area contributed by atoms with Crippen LogP contribution in [0, 0.1) is 11.3 Å². The summed E-state index contributed by atoms with van der Waals surface area (Å²) in [7, 11) is 0. The van der Waals surface area contributed by atoms with Crippen LogP contribution < -0.4 is 15.8 Å². The summed E-state index contributed by atoms with van der Waals surface area (Å²) in [5.74, 6) is -2.26. The fraction of sp³-hybridized carbons (Fsp3) is 0.222. The molecular weight excluding hydrogens is 466 g/mol. The zero-order valence-electron chi connectivity index (χ0n) is 19.7. The molecule has 0 bridgehead atoms. The van der Waals surface area contributed by atoms with E-state index >= 15 is 8.78 Å². The van der Waals surface area contributed by atoms with Crippen molar-refractivity contribution in [3.8, 4) is 5.75 Å². The number of carbonyl (C=O) groups excluding carboxylic acids is 1. The van der Waals surface area contributed by atoms with Crippen LogP contribution in [0.1, 0.15) is 18.9 Å². The number of nitrogens with one attached hydrogen (secondary N) is 1. The van der Waals surface area contributed by atoms with Gasteiger partial charge in [0.25, 0.3) is 0 Å². The third-order valence-electron chi connectivity index (χ3n) is 6.08. The summed E-state index contributed by atoms with van der Waals surface area (Å²) >= 11 is 0. The Morgan fingerprint density at radius 1 is 1.25 bits per heavy atom. The predicted molar refractivity (Wildman–Crippen MR) is 135 cm³/mol. The van der Waals surface area contributed by atoms with E-state index in [4.69, 9.17) is 15.2 Å². The molecule has 7 nitrogen and oxygen atoms in total. The number of halogens is 2. The van der Waals surface area contributed by atoms with E-state index in [9.17, 15) is 4.79 Å². The minimum Gasteiger partial charge on any atom is -0.486 e. The molecule has 36 heavy (non-hydrogen) atoms. The van der Waals surface area contributed by atoms with Gasteiger partial charge in [-0.1, -0.05) is 49.9 Å². The van der Waals surface area contributed by atoms with Crippen molar-refractivity contribution >= 4 is 23.8 Å². The summed E-state index contributed by atoms with van der Waals surface area (Å²) in [4.78, 5) is 19.9.